The Morgan fingerprint density at radius 2 is 2.10 bits per heavy atom. The van der Waals surface area contributed by atoms with Crippen LogP contribution < -0.4 is 5.90 Å². The Morgan fingerprint density at radius 1 is 1.33 bits per heavy atom. The zero-order valence-electron chi connectivity index (χ0n) is 12.7. The van der Waals surface area contributed by atoms with Gasteiger partial charge in [-0.25, -0.2) is 5.90 Å². The van der Waals surface area contributed by atoms with Crippen LogP contribution in [0.5, 0.6) is 0 Å². The first-order valence-electron chi connectivity index (χ1n) is 7.22. The molecule has 5 heteroatoms. The molecule has 2 rings (SSSR count). The van der Waals surface area contributed by atoms with Crippen LogP contribution in [0.2, 0.25) is 0 Å². The molecule has 0 atom stereocenters. The number of benzene rings is 1. The van der Waals surface area contributed by atoms with Crippen molar-refractivity contribution in [1.82, 2.24) is 9.47 Å². The smallest absolute Gasteiger partial charge is 0.231 e. The van der Waals surface area contributed by atoms with Gasteiger partial charge < -0.3 is 9.74 Å². The molecule has 0 spiro atoms. The highest BCUT2D eigenvalue weighted by molar-refractivity contribution is 5.94. The summed E-state index contributed by atoms with van der Waals surface area (Å²) >= 11 is 0. The third kappa shape index (κ3) is 3.91. The minimum absolute atomic E-state index is 0.0827. The van der Waals surface area contributed by atoms with Crippen LogP contribution in [0.15, 0.2) is 30.5 Å². The van der Waals surface area contributed by atoms with Crippen molar-refractivity contribution in [3.05, 3.63) is 36.0 Å². The van der Waals surface area contributed by atoms with Crippen LogP contribution in [0.4, 0.5) is 0 Å². The van der Waals surface area contributed by atoms with Crippen LogP contribution in [0.25, 0.3) is 10.9 Å². The van der Waals surface area contributed by atoms with Crippen molar-refractivity contribution in [2.45, 2.75) is 19.3 Å². The Labute approximate surface area is 125 Å². The zero-order chi connectivity index (χ0) is 15.2. The maximum atomic E-state index is 12.3. The molecule has 0 aliphatic carbocycles. The summed E-state index contributed by atoms with van der Waals surface area (Å²) in [6.45, 7) is 1.36. The van der Waals surface area contributed by atoms with E-state index in [1.807, 2.05) is 24.4 Å². The van der Waals surface area contributed by atoms with Gasteiger partial charge in [-0.05, 0) is 38.6 Å². The van der Waals surface area contributed by atoms with Crippen molar-refractivity contribution in [2.75, 3.05) is 27.2 Å². The lowest BCUT2D eigenvalue weighted by Crippen LogP contribution is -2.15. The molecule has 21 heavy (non-hydrogen) atoms. The van der Waals surface area contributed by atoms with Crippen LogP contribution in [0.1, 0.15) is 23.2 Å². The van der Waals surface area contributed by atoms with Crippen LogP contribution in [-0.4, -0.2) is 42.6 Å². The summed E-state index contributed by atoms with van der Waals surface area (Å²) in [5, 5.41) is 1.16. The fourth-order valence-corrected chi connectivity index (χ4v) is 2.43. The summed E-state index contributed by atoms with van der Waals surface area (Å²) in [5.41, 5.74) is 2.19. The molecule has 0 amide bonds. The Morgan fingerprint density at radius 3 is 2.81 bits per heavy atom. The number of nitrogens with two attached hydrogens (primary N) is 1. The number of carbonyl (C=O) groups excluding carboxylic acids is 1. The van der Waals surface area contributed by atoms with Gasteiger partial charge in [0, 0.05) is 24.5 Å². The molecule has 2 aromatic rings. The molecular weight excluding hydrogens is 266 g/mol. The molecule has 0 fully saturated rings. The van der Waals surface area contributed by atoms with Crippen molar-refractivity contribution < 1.29 is 9.63 Å². The van der Waals surface area contributed by atoms with E-state index in [1.54, 1.807) is 4.57 Å². The van der Waals surface area contributed by atoms with Crippen molar-refractivity contribution in [2.24, 2.45) is 5.90 Å². The van der Waals surface area contributed by atoms with Gasteiger partial charge in [0.1, 0.15) is 0 Å². The van der Waals surface area contributed by atoms with Crippen LogP contribution in [0.3, 0.4) is 0 Å². The lowest BCUT2D eigenvalue weighted by molar-refractivity contribution is 0.0868. The highest BCUT2D eigenvalue weighted by Crippen LogP contribution is 2.22. The summed E-state index contributed by atoms with van der Waals surface area (Å²) in [6, 6.07) is 8.04. The van der Waals surface area contributed by atoms with Gasteiger partial charge >= 0.3 is 0 Å². The predicted molar refractivity (Wildman–Crippen MR) is 84.2 cm³/mol. The van der Waals surface area contributed by atoms with Gasteiger partial charge in [-0.15, -0.1) is 0 Å². The normalized spacial score (nSPS) is 11.4. The largest absolute Gasteiger partial charge is 0.309 e. The van der Waals surface area contributed by atoms with E-state index in [0.29, 0.717) is 19.4 Å². The molecule has 114 valence electrons. The fraction of sp³-hybridized carbons (Fsp3) is 0.438. The number of nitrogens with zero attached hydrogens (tertiary/aromatic N) is 2. The number of likely N-dealkylation sites (N-methyl/N-ethyl adjacent to an activating group) is 1. The van der Waals surface area contributed by atoms with Gasteiger partial charge in [-0.1, -0.05) is 18.2 Å². The maximum absolute atomic E-state index is 12.3. The number of carbonyl (C=O) groups is 1. The average molecular weight is 289 g/mol. The molecule has 0 unspecified atom stereocenters. The van der Waals surface area contributed by atoms with Crippen molar-refractivity contribution >= 4 is 16.8 Å². The third-order valence-electron chi connectivity index (χ3n) is 3.54. The minimum Gasteiger partial charge on any atom is -0.309 e. The molecule has 0 aliphatic rings. The van der Waals surface area contributed by atoms with Crippen molar-refractivity contribution in [3.8, 4) is 0 Å². The quantitative estimate of drug-likeness (QED) is 0.626. The third-order valence-corrected chi connectivity index (χ3v) is 3.54. The maximum Gasteiger partial charge on any atom is 0.231 e. The van der Waals surface area contributed by atoms with Crippen LogP contribution in [-0.2, 0) is 11.3 Å². The van der Waals surface area contributed by atoms with Gasteiger partial charge in [-0.3, -0.25) is 9.36 Å². The Balaban J connectivity index is 2.24. The molecule has 5 nitrogen and oxygen atoms in total. The summed E-state index contributed by atoms with van der Waals surface area (Å²) in [5.74, 6) is 5.08. The number of para-hydroxylation sites is 1. The van der Waals surface area contributed by atoms with E-state index in [4.69, 9.17) is 5.90 Å². The fourth-order valence-electron chi connectivity index (χ4n) is 2.43. The summed E-state index contributed by atoms with van der Waals surface area (Å²) in [4.78, 5) is 19.0. The van der Waals surface area contributed by atoms with Crippen molar-refractivity contribution in [1.29, 1.82) is 0 Å². The Kier molecular flexibility index (Phi) is 5.50. The first kappa shape index (κ1) is 15.7. The molecule has 2 N–H and O–H groups in total. The van der Waals surface area contributed by atoms with E-state index >= 15 is 0 Å². The van der Waals surface area contributed by atoms with Crippen LogP contribution >= 0.6 is 0 Å². The van der Waals surface area contributed by atoms with E-state index in [0.717, 1.165) is 23.9 Å². The van der Waals surface area contributed by atoms with Gasteiger partial charge in [0.05, 0.1) is 12.1 Å². The summed E-state index contributed by atoms with van der Waals surface area (Å²) < 4.78 is 1.76. The second kappa shape index (κ2) is 7.36. The molecule has 0 saturated heterocycles. The number of hydrogen-bond acceptors (Lipinski definition) is 4. The standard InChI is InChI=1S/C16H23N3O2/c1-18(2)10-9-13-12-19(16(20)8-5-11-21-17)15-7-4-3-6-14(13)15/h3-4,6-7,12H,5,8-11,17H2,1-2H3. The molecule has 1 heterocycles. The zero-order valence-corrected chi connectivity index (χ0v) is 12.7. The average Bonchev–Trinajstić information content (AvgIpc) is 2.84. The van der Waals surface area contributed by atoms with E-state index in [1.165, 1.54) is 5.56 Å². The Bertz CT molecular complexity index is 605. The topological polar surface area (TPSA) is 60.5 Å². The Hall–Kier alpha value is -1.69. The molecule has 0 radical (unpaired) electrons. The molecule has 0 bridgehead atoms. The van der Waals surface area contributed by atoms with E-state index in [2.05, 4.69) is 29.9 Å². The number of fused-ring (bicyclic) bond motifs is 1. The molecular formula is C16H23N3O2. The number of rotatable bonds is 7. The van der Waals surface area contributed by atoms with E-state index in [9.17, 15) is 4.79 Å². The molecule has 0 aliphatic heterocycles. The van der Waals surface area contributed by atoms with Crippen LogP contribution in [0, 0.1) is 0 Å². The van der Waals surface area contributed by atoms with Gasteiger partial charge in [0.2, 0.25) is 5.91 Å². The van der Waals surface area contributed by atoms with Crippen molar-refractivity contribution in [3.63, 3.8) is 0 Å². The van der Waals surface area contributed by atoms with E-state index < -0.39 is 0 Å². The summed E-state index contributed by atoms with van der Waals surface area (Å²) in [6.07, 6.45) is 3.97. The second-order valence-electron chi connectivity index (χ2n) is 5.46. The first-order chi connectivity index (χ1) is 10.1. The molecule has 0 saturated carbocycles. The highest BCUT2D eigenvalue weighted by atomic mass is 16.6. The van der Waals surface area contributed by atoms with Gasteiger partial charge in [-0.2, -0.15) is 0 Å². The van der Waals surface area contributed by atoms with E-state index in [-0.39, 0.29) is 5.91 Å². The number of hydrogen-bond donors (Lipinski definition) is 1. The molecule has 1 aromatic heterocycles. The highest BCUT2D eigenvalue weighted by Gasteiger charge is 2.13. The van der Waals surface area contributed by atoms with Gasteiger partial charge in [0.25, 0.3) is 0 Å². The SMILES string of the molecule is CN(C)CCc1cn(C(=O)CCCON)c2ccccc12. The minimum atomic E-state index is 0.0827. The lowest BCUT2D eigenvalue weighted by Gasteiger charge is -2.07. The van der Waals surface area contributed by atoms with Gasteiger partial charge in [0.15, 0.2) is 0 Å². The first-order valence-corrected chi connectivity index (χ1v) is 7.22. The second-order valence-corrected chi connectivity index (χ2v) is 5.46. The molecule has 1 aromatic carbocycles. The lowest BCUT2D eigenvalue weighted by atomic mass is 10.1. The predicted octanol–water partition coefficient (Wildman–Crippen LogP) is 2.06. The summed E-state index contributed by atoms with van der Waals surface area (Å²) in [7, 11) is 4.11. The monoisotopic (exact) mass is 289 g/mol. The number of aromatic nitrogens is 1.